The van der Waals surface area contributed by atoms with Crippen LogP contribution in [-0.2, 0) is 26.2 Å². The van der Waals surface area contributed by atoms with Crippen LogP contribution in [0.3, 0.4) is 0 Å². The van der Waals surface area contributed by atoms with Gasteiger partial charge in [0.15, 0.2) is 11.5 Å². The summed E-state index contributed by atoms with van der Waals surface area (Å²) in [6.07, 6.45) is 2.07. The topological polar surface area (TPSA) is 114 Å². The number of rotatable bonds is 17. The first-order valence-corrected chi connectivity index (χ1v) is 16.6. The van der Waals surface area contributed by atoms with Gasteiger partial charge in [0.05, 0.1) is 31.4 Å². The van der Waals surface area contributed by atoms with E-state index in [1.165, 1.54) is 37.3 Å². The van der Waals surface area contributed by atoms with Crippen LogP contribution in [0.25, 0.3) is 0 Å². The van der Waals surface area contributed by atoms with E-state index < -0.39 is 28.5 Å². The smallest absolute Gasteiger partial charge is 0.264 e. The van der Waals surface area contributed by atoms with Gasteiger partial charge >= 0.3 is 0 Å². The van der Waals surface area contributed by atoms with Crippen molar-refractivity contribution in [2.45, 2.75) is 64.4 Å². The molecule has 0 aliphatic carbocycles. The maximum Gasteiger partial charge on any atom is 0.264 e. The molecule has 0 aliphatic rings. The Kier molecular flexibility index (Phi) is 13.1. The Hall–Kier alpha value is -4.25. The van der Waals surface area contributed by atoms with Gasteiger partial charge in [-0.1, -0.05) is 50.1 Å². The molecule has 0 aliphatic heterocycles. The Labute approximate surface area is 267 Å². The van der Waals surface area contributed by atoms with Gasteiger partial charge < -0.3 is 24.4 Å². The molecule has 10 nitrogen and oxygen atoms in total. The van der Waals surface area contributed by atoms with Crippen LogP contribution < -0.4 is 23.8 Å². The fourth-order valence-corrected chi connectivity index (χ4v) is 6.25. The summed E-state index contributed by atoms with van der Waals surface area (Å²) in [4.78, 5) is 29.0. The minimum absolute atomic E-state index is 0.0868. The highest BCUT2D eigenvalue weighted by Gasteiger charge is 2.34. The first-order chi connectivity index (χ1) is 21.6. The van der Waals surface area contributed by atoms with Crippen molar-refractivity contribution < 1.29 is 32.2 Å². The number of nitrogens with zero attached hydrogens (tertiary/aromatic N) is 2. The lowest BCUT2D eigenvalue weighted by atomic mass is 10.1. The van der Waals surface area contributed by atoms with Crippen LogP contribution in [0, 0.1) is 6.92 Å². The molecular weight excluding hydrogens is 594 g/mol. The summed E-state index contributed by atoms with van der Waals surface area (Å²) in [5.41, 5.74) is 2.14. The standard InChI is InChI=1S/C34H45N3O7S/c1-7-10-21-35-34(39)30(8-2)36(23-26-13-11-25(4)12-14-26)33(38)24-37(27-15-17-28(18-16-27)44-9-3)45(40,41)29-19-20-31(42-5)32(22-29)43-6/h11-20,22,30H,7-10,21,23-24H2,1-6H3,(H,35,39)/t30-/m0/s1. The van der Waals surface area contributed by atoms with Crippen molar-refractivity contribution in [3.8, 4) is 17.2 Å². The Morgan fingerprint density at radius 1 is 0.889 bits per heavy atom. The summed E-state index contributed by atoms with van der Waals surface area (Å²) in [7, 11) is -1.43. The highest BCUT2D eigenvalue weighted by atomic mass is 32.2. The van der Waals surface area contributed by atoms with E-state index in [4.69, 9.17) is 14.2 Å². The number of hydrogen-bond donors (Lipinski definition) is 1. The number of carbonyl (C=O) groups excluding carboxylic acids is 2. The molecule has 0 fully saturated rings. The second-order valence-electron chi connectivity index (χ2n) is 10.5. The maximum atomic E-state index is 14.3. The van der Waals surface area contributed by atoms with Crippen LogP contribution in [0.1, 0.15) is 51.2 Å². The van der Waals surface area contributed by atoms with E-state index in [-0.39, 0.29) is 28.8 Å². The van der Waals surface area contributed by atoms with Gasteiger partial charge in [0, 0.05) is 19.2 Å². The molecule has 45 heavy (non-hydrogen) atoms. The van der Waals surface area contributed by atoms with Crippen LogP contribution >= 0.6 is 0 Å². The molecule has 3 rings (SSSR count). The third kappa shape index (κ3) is 9.13. The van der Waals surface area contributed by atoms with Crippen molar-refractivity contribution in [2.75, 3.05) is 38.2 Å². The SMILES string of the molecule is CCCCNC(=O)[C@H](CC)N(Cc1ccc(C)cc1)C(=O)CN(c1ccc(OCC)cc1)S(=O)(=O)c1ccc(OC)c(OC)c1. The van der Waals surface area contributed by atoms with E-state index >= 15 is 0 Å². The van der Waals surface area contributed by atoms with Crippen molar-refractivity contribution in [3.05, 3.63) is 77.9 Å². The zero-order valence-corrected chi connectivity index (χ0v) is 27.9. The molecule has 0 unspecified atom stereocenters. The molecule has 0 heterocycles. The molecule has 2 amide bonds. The molecule has 0 spiro atoms. The molecule has 0 aromatic heterocycles. The number of benzene rings is 3. The van der Waals surface area contributed by atoms with Crippen LogP contribution in [0.15, 0.2) is 71.6 Å². The number of unbranched alkanes of at least 4 members (excludes halogenated alkanes) is 1. The second kappa shape index (κ2) is 16.7. The van der Waals surface area contributed by atoms with Gasteiger partial charge in [-0.15, -0.1) is 0 Å². The highest BCUT2D eigenvalue weighted by Crippen LogP contribution is 2.33. The van der Waals surface area contributed by atoms with E-state index in [1.54, 1.807) is 24.3 Å². The van der Waals surface area contributed by atoms with Crippen molar-refractivity contribution in [2.24, 2.45) is 0 Å². The summed E-state index contributed by atoms with van der Waals surface area (Å²) < 4.78 is 45.8. The molecule has 3 aromatic carbocycles. The van der Waals surface area contributed by atoms with E-state index in [9.17, 15) is 18.0 Å². The van der Waals surface area contributed by atoms with E-state index in [0.717, 1.165) is 28.3 Å². The van der Waals surface area contributed by atoms with Gasteiger partial charge in [0.2, 0.25) is 11.8 Å². The molecule has 1 N–H and O–H groups in total. The molecule has 0 radical (unpaired) electrons. The first kappa shape index (κ1) is 35.2. The summed E-state index contributed by atoms with van der Waals surface area (Å²) in [5.74, 6) is 0.358. The number of aryl methyl sites for hydroxylation is 1. The van der Waals surface area contributed by atoms with Crippen molar-refractivity contribution in [1.82, 2.24) is 10.2 Å². The number of sulfonamides is 1. The Morgan fingerprint density at radius 3 is 2.13 bits per heavy atom. The predicted molar refractivity (Wildman–Crippen MR) is 175 cm³/mol. The monoisotopic (exact) mass is 639 g/mol. The van der Waals surface area contributed by atoms with Gasteiger partial charge in [-0.25, -0.2) is 8.42 Å². The lowest BCUT2D eigenvalue weighted by Gasteiger charge is -2.33. The Morgan fingerprint density at radius 2 is 1.56 bits per heavy atom. The number of hydrogen-bond acceptors (Lipinski definition) is 7. The van der Waals surface area contributed by atoms with Crippen molar-refractivity contribution >= 4 is 27.5 Å². The Balaban J connectivity index is 2.08. The van der Waals surface area contributed by atoms with Crippen LogP contribution in [0.4, 0.5) is 5.69 Å². The number of carbonyl (C=O) groups is 2. The average Bonchev–Trinajstić information content (AvgIpc) is 3.04. The zero-order valence-electron chi connectivity index (χ0n) is 27.0. The quantitative estimate of drug-likeness (QED) is 0.199. The van der Waals surface area contributed by atoms with Gasteiger partial charge in [-0.05, 0) is 68.7 Å². The molecule has 0 bridgehead atoms. The van der Waals surface area contributed by atoms with Gasteiger partial charge in [0.25, 0.3) is 10.0 Å². The Bertz CT molecular complexity index is 1510. The minimum atomic E-state index is -4.31. The number of anilines is 1. The fraction of sp³-hybridized carbons (Fsp3) is 0.412. The lowest BCUT2D eigenvalue weighted by molar-refractivity contribution is -0.140. The molecule has 11 heteroatoms. The molecular formula is C34H45N3O7S. The summed E-state index contributed by atoms with van der Waals surface area (Å²) in [6, 6.07) is 17.6. The number of nitrogens with one attached hydrogen (secondary N) is 1. The van der Waals surface area contributed by atoms with Crippen molar-refractivity contribution in [3.63, 3.8) is 0 Å². The highest BCUT2D eigenvalue weighted by molar-refractivity contribution is 7.92. The van der Waals surface area contributed by atoms with E-state index in [0.29, 0.717) is 31.1 Å². The fourth-order valence-electron chi connectivity index (χ4n) is 4.82. The minimum Gasteiger partial charge on any atom is -0.494 e. The van der Waals surface area contributed by atoms with Crippen LogP contribution in [0.2, 0.25) is 0 Å². The average molecular weight is 640 g/mol. The van der Waals surface area contributed by atoms with Crippen LogP contribution in [-0.4, -0.2) is 65.1 Å². The van der Waals surface area contributed by atoms with E-state index in [1.807, 2.05) is 52.0 Å². The van der Waals surface area contributed by atoms with Gasteiger partial charge in [0.1, 0.15) is 18.3 Å². The summed E-state index contributed by atoms with van der Waals surface area (Å²) in [6.45, 7) is 8.21. The summed E-state index contributed by atoms with van der Waals surface area (Å²) in [5, 5.41) is 2.94. The number of amides is 2. The third-order valence-electron chi connectivity index (χ3n) is 7.35. The molecule has 0 saturated heterocycles. The maximum absolute atomic E-state index is 14.3. The van der Waals surface area contributed by atoms with Gasteiger partial charge in [-0.2, -0.15) is 0 Å². The number of ether oxygens (including phenoxy) is 3. The second-order valence-corrected chi connectivity index (χ2v) is 12.4. The van der Waals surface area contributed by atoms with Crippen molar-refractivity contribution in [1.29, 1.82) is 0 Å². The normalized spacial score (nSPS) is 11.8. The third-order valence-corrected chi connectivity index (χ3v) is 9.12. The largest absolute Gasteiger partial charge is 0.494 e. The molecule has 0 saturated carbocycles. The zero-order chi connectivity index (χ0) is 33.0. The molecule has 1 atom stereocenters. The van der Waals surface area contributed by atoms with Gasteiger partial charge in [-0.3, -0.25) is 13.9 Å². The molecule has 3 aromatic rings. The summed E-state index contributed by atoms with van der Waals surface area (Å²) >= 11 is 0. The lowest BCUT2D eigenvalue weighted by Crippen LogP contribution is -2.52. The molecule has 244 valence electrons. The van der Waals surface area contributed by atoms with E-state index in [2.05, 4.69) is 5.32 Å². The van der Waals surface area contributed by atoms with Crippen LogP contribution in [0.5, 0.6) is 17.2 Å². The predicted octanol–water partition coefficient (Wildman–Crippen LogP) is 5.33. The number of methoxy groups -OCH3 is 2. The first-order valence-electron chi connectivity index (χ1n) is 15.2.